The predicted molar refractivity (Wildman–Crippen MR) is 87.6 cm³/mol. The lowest BCUT2D eigenvalue weighted by Crippen LogP contribution is -2.14. The van der Waals surface area contributed by atoms with Crippen LogP contribution in [0, 0.1) is 17.2 Å². The fraction of sp³-hybridized carbons (Fsp3) is 0.278. The Kier molecular flexibility index (Phi) is 4.88. The van der Waals surface area contributed by atoms with Crippen LogP contribution in [0.25, 0.3) is 11.3 Å². The van der Waals surface area contributed by atoms with E-state index in [0.29, 0.717) is 17.7 Å². The minimum atomic E-state index is -4.46. The van der Waals surface area contributed by atoms with Crippen LogP contribution in [-0.4, -0.2) is 22.8 Å². The molecule has 134 valence electrons. The number of nitriles is 1. The van der Waals surface area contributed by atoms with E-state index in [-0.39, 0.29) is 35.0 Å². The molecule has 26 heavy (non-hydrogen) atoms. The van der Waals surface area contributed by atoms with Gasteiger partial charge in [0, 0.05) is 23.1 Å². The van der Waals surface area contributed by atoms with Crippen molar-refractivity contribution in [3.8, 4) is 23.1 Å². The van der Waals surface area contributed by atoms with E-state index in [9.17, 15) is 18.0 Å². The molecular weight excluding hydrogens is 369 g/mol. The van der Waals surface area contributed by atoms with Crippen LogP contribution in [0.3, 0.4) is 0 Å². The minimum Gasteiger partial charge on any atom is -0.484 e. The number of ether oxygens (including phenoxy) is 1. The van der Waals surface area contributed by atoms with E-state index in [0.717, 1.165) is 12.3 Å². The Hall–Kier alpha value is -2.59. The monoisotopic (exact) mass is 380 g/mol. The number of carbonyl (C=O) groups excluding carboxylic acids is 1. The molecule has 1 saturated carbocycles. The topological polar surface area (TPSA) is 63.0 Å². The molecule has 0 aliphatic heterocycles. The van der Waals surface area contributed by atoms with Crippen LogP contribution in [0.5, 0.6) is 5.75 Å². The molecular formula is C18H12ClF3N2O2. The highest BCUT2D eigenvalue weighted by molar-refractivity contribution is 6.24. The summed E-state index contributed by atoms with van der Waals surface area (Å²) in [4.78, 5) is 15.7. The molecule has 3 rings (SSSR count). The highest BCUT2D eigenvalue weighted by Gasteiger charge is 2.41. The highest BCUT2D eigenvalue weighted by atomic mass is 35.5. The third kappa shape index (κ3) is 3.97. The van der Waals surface area contributed by atoms with Gasteiger partial charge in [-0.2, -0.15) is 18.4 Å². The normalized spacial score (nSPS) is 18.9. The van der Waals surface area contributed by atoms with Crippen LogP contribution >= 0.6 is 11.6 Å². The van der Waals surface area contributed by atoms with Crippen molar-refractivity contribution in [3.63, 3.8) is 0 Å². The predicted octanol–water partition coefficient (Wildman–Crippen LogP) is 4.21. The van der Waals surface area contributed by atoms with Gasteiger partial charge in [-0.05, 0) is 30.7 Å². The number of hydrogen-bond acceptors (Lipinski definition) is 4. The van der Waals surface area contributed by atoms with Gasteiger partial charge in [-0.1, -0.05) is 6.07 Å². The molecule has 1 heterocycles. The average molecular weight is 381 g/mol. The molecule has 1 aliphatic rings. The van der Waals surface area contributed by atoms with Gasteiger partial charge in [0.15, 0.2) is 5.78 Å². The third-order valence-electron chi connectivity index (χ3n) is 3.98. The number of halogens is 4. The van der Waals surface area contributed by atoms with Crippen LogP contribution in [0.2, 0.25) is 0 Å². The van der Waals surface area contributed by atoms with Gasteiger partial charge in [0.1, 0.15) is 18.4 Å². The van der Waals surface area contributed by atoms with Crippen LogP contribution in [-0.2, 0) is 11.0 Å². The number of rotatable bonds is 5. The van der Waals surface area contributed by atoms with Crippen LogP contribution in [0.4, 0.5) is 13.2 Å². The number of carbonyl (C=O) groups is 1. The second-order valence-corrected chi connectivity index (χ2v) is 6.43. The first-order chi connectivity index (χ1) is 12.3. The van der Waals surface area contributed by atoms with E-state index in [2.05, 4.69) is 4.98 Å². The Labute approximate surface area is 152 Å². The molecule has 2 unspecified atom stereocenters. The van der Waals surface area contributed by atoms with Gasteiger partial charge in [-0.3, -0.25) is 9.78 Å². The van der Waals surface area contributed by atoms with E-state index in [4.69, 9.17) is 21.6 Å². The number of alkyl halides is 4. The summed E-state index contributed by atoms with van der Waals surface area (Å²) in [7, 11) is 0. The lowest BCUT2D eigenvalue weighted by atomic mass is 10.1. The third-order valence-corrected chi connectivity index (χ3v) is 4.47. The summed E-state index contributed by atoms with van der Waals surface area (Å²) >= 11 is 5.82. The summed E-state index contributed by atoms with van der Waals surface area (Å²) < 4.78 is 43.3. The first-order valence-electron chi connectivity index (χ1n) is 7.67. The Balaban J connectivity index is 1.80. The molecule has 0 saturated heterocycles. The van der Waals surface area contributed by atoms with E-state index in [1.165, 1.54) is 18.2 Å². The smallest absolute Gasteiger partial charge is 0.417 e. The molecule has 0 bridgehead atoms. The molecule has 1 aliphatic carbocycles. The molecule has 1 aromatic carbocycles. The average Bonchev–Trinajstić information content (AvgIpc) is 3.35. The Morgan fingerprint density at radius 1 is 1.35 bits per heavy atom. The molecule has 4 nitrogen and oxygen atoms in total. The van der Waals surface area contributed by atoms with Crippen LogP contribution < -0.4 is 4.74 Å². The van der Waals surface area contributed by atoms with Gasteiger partial charge in [-0.15, -0.1) is 11.6 Å². The Morgan fingerprint density at radius 2 is 2.08 bits per heavy atom. The largest absolute Gasteiger partial charge is 0.484 e. The fourth-order valence-electron chi connectivity index (χ4n) is 2.38. The zero-order valence-electron chi connectivity index (χ0n) is 13.3. The first kappa shape index (κ1) is 18.2. The summed E-state index contributed by atoms with van der Waals surface area (Å²) in [6, 6.07) is 8.62. The van der Waals surface area contributed by atoms with Gasteiger partial charge >= 0.3 is 6.18 Å². The second kappa shape index (κ2) is 6.96. The number of benzene rings is 1. The molecule has 8 heteroatoms. The summed E-state index contributed by atoms with van der Waals surface area (Å²) in [5, 5.41) is 9.00. The summed E-state index contributed by atoms with van der Waals surface area (Å²) in [5.41, 5.74) is 0.132. The van der Waals surface area contributed by atoms with Crippen molar-refractivity contribution in [1.29, 1.82) is 5.26 Å². The van der Waals surface area contributed by atoms with E-state index in [1.54, 1.807) is 6.07 Å². The molecule has 2 aromatic rings. The van der Waals surface area contributed by atoms with Crippen molar-refractivity contribution >= 4 is 17.4 Å². The maximum atomic E-state index is 12.6. The number of Topliss-reactive ketones (excluding diaryl/α,β-unsaturated/α-hetero) is 1. The molecule has 0 spiro atoms. The van der Waals surface area contributed by atoms with E-state index < -0.39 is 11.7 Å². The second-order valence-electron chi connectivity index (χ2n) is 5.87. The molecule has 1 fully saturated rings. The summed E-state index contributed by atoms with van der Waals surface area (Å²) in [6.07, 6.45) is -3.11. The number of ketones is 1. The lowest BCUT2D eigenvalue weighted by molar-refractivity contribution is -0.137. The summed E-state index contributed by atoms with van der Waals surface area (Å²) in [6.45, 7) is -0.216. The van der Waals surface area contributed by atoms with Crippen molar-refractivity contribution in [2.75, 3.05) is 6.61 Å². The molecule has 2 atom stereocenters. The van der Waals surface area contributed by atoms with Gasteiger partial charge in [0.25, 0.3) is 0 Å². The van der Waals surface area contributed by atoms with Crippen LogP contribution in [0.15, 0.2) is 36.5 Å². The Bertz CT molecular complexity index is 875. The maximum absolute atomic E-state index is 12.6. The number of aromatic nitrogens is 1. The SMILES string of the molecule is N#Cc1ccc(-c2ccc(C(F)(F)F)cn2)cc1OCC(=O)C1CC1Cl. The molecule has 0 amide bonds. The lowest BCUT2D eigenvalue weighted by Gasteiger charge is -2.10. The van der Waals surface area contributed by atoms with Gasteiger partial charge in [0.2, 0.25) is 0 Å². The first-order valence-corrected chi connectivity index (χ1v) is 8.10. The van der Waals surface area contributed by atoms with Gasteiger partial charge < -0.3 is 4.74 Å². The zero-order chi connectivity index (χ0) is 18.9. The van der Waals surface area contributed by atoms with E-state index in [1.807, 2.05) is 6.07 Å². The van der Waals surface area contributed by atoms with Crippen LogP contribution in [0.1, 0.15) is 17.5 Å². The minimum absolute atomic E-state index is 0.146. The van der Waals surface area contributed by atoms with Crippen molar-refractivity contribution in [3.05, 3.63) is 47.7 Å². The van der Waals surface area contributed by atoms with Crippen molar-refractivity contribution < 1.29 is 22.7 Å². The number of pyridine rings is 1. The fourth-order valence-corrected chi connectivity index (χ4v) is 2.71. The Morgan fingerprint density at radius 3 is 2.62 bits per heavy atom. The van der Waals surface area contributed by atoms with Gasteiger partial charge in [-0.25, -0.2) is 0 Å². The molecule has 0 radical (unpaired) electrons. The molecule has 1 aromatic heterocycles. The standard InChI is InChI=1S/C18H12ClF3N2O2/c19-14-6-13(14)16(25)9-26-17-5-10(1-2-11(17)7-23)15-4-3-12(8-24-15)18(20,21)22/h1-5,8,13-14H,6,9H2. The highest BCUT2D eigenvalue weighted by Crippen LogP contribution is 2.37. The van der Waals surface area contributed by atoms with Crippen molar-refractivity contribution in [2.45, 2.75) is 18.0 Å². The quantitative estimate of drug-likeness (QED) is 0.729. The maximum Gasteiger partial charge on any atom is 0.417 e. The van der Waals surface area contributed by atoms with Crippen molar-refractivity contribution in [2.24, 2.45) is 5.92 Å². The number of hydrogen-bond donors (Lipinski definition) is 0. The summed E-state index contributed by atoms with van der Waals surface area (Å²) in [5.74, 6) is -0.194. The zero-order valence-corrected chi connectivity index (χ0v) is 14.0. The number of nitrogens with zero attached hydrogens (tertiary/aromatic N) is 2. The van der Waals surface area contributed by atoms with E-state index >= 15 is 0 Å². The van der Waals surface area contributed by atoms with Crippen molar-refractivity contribution in [1.82, 2.24) is 4.98 Å². The molecule has 0 N–H and O–H groups in total. The van der Waals surface area contributed by atoms with Gasteiger partial charge in [0.05, 0.1) is 16.8 Å².